The molecule has 4 aromatic carbocycles. The average molecular weight is 464 g/mol. The van der Waals surface area contributed by atoms with Crippen LogP contribution in [-0.2, 0) is 0 Å². The summed E-state index contributed by atoms with van der Waals surface area (Å²) in [7, 11) is -5.23. The van der Waals surface area contributed by atoms with E-state index in [4.69, 9.17) is 0 Å². The van der Waals surface area contributed by atoms with Crippen LogP contribution in [0.2, 0.25) is 0 Å². The van der Waals surface area contributed by atoms with Crippen LogP contribution in [0.25, 0.3) is 0 Å². The molecule has 0 amide bonds. The molecule has 160 valence electrons. The summed E-state index contributed by atoms with van der Waals surface area (Å²) < 4.78 is 9.38. The van der Waals surface area contributed by atoms with Crippen molar-refractivity contribution in [1.29, 1.82) is 10.5 Å². The zero-order valence-electron chi connectivity index (χ0n) is 17.9. The molecule has 6 heteroatoms. The molecule has 4 rings (SSSR count). The first-order valence-corrected chi connectivity index (χ1v) is 14.3. The van der Waals surface area contributed by atoms with Gasteiger partial charge in [-0.3, -0.25) is 0 Å². The Morgan fingerprint density at radius 3 is 0.909 bits per heavy atom. The minimum atomic E-state index is -2.61. The summed E-state index contributed by atoms with van der Waals surface area (Å²) in [6.07, 6.45) is 4.28. The van der Waals surface area contributed by atoms with E-state index in [1.807, 2.05) is 121 Å². The lowest BCUT2D eigenvalue weighted by atomic mass is 10.4. The highest BCUT2D eigenvalue weighted by Crippen LogP contribution is 2.62. The second kappa shape index (κ2) is 10.3. The van der Waals surface area contributed by atoms with Crippen LogP contribution in [0.4, 0.5) is 0 Å². The number of nitriles is 2. The topological polar surface area (TPSA) is 72.3 Å². The maximum Gasteiger partial charge on any atom is 0.204 e. The predicted octanol–water partition coefficient (Wildman–Crippen LogP) is 5.61. The summed E-state index contributed by atoms with van der Waals surface area (Å²) in [6, 6.07) is 40.0. The standard InChI is InChI=1S/C27H22N4P2/c28-21-30-32(24-13-5-1-6-14-24,25-15-7-2-8-16-25)23-33(31-22-29,26-17-9-3-10-18-26)27-19-11-4-12-20-27/h1-20H,23H2. The average Bonchev–Trinajstić information content (AvgIpc) is 2.90. The molecule has 0 saturated heterocycles. The van der Waals surface area contributed by atoms with E-state index in [1.165, 1.54) is 0 Å². The van der Waals surface area contributed by atoms with Crippen molar-refractivity contribution in [2.75, 3.05) is 5.90 Å². The van der Waals surface area contributed by atoms with Gasteiger partial charge in [-0.05, 0) is 21.2 Å². The van der Waals surface area contributed by atoms with Crippen LogP contribution < -0.4 is 21.2 Å². The van der Waals surface area contributed by atoms with E-state index in [1.54, 1.807) is 0 Å². The van der Waals surface area contributed by atoms with E-state index in [-0.39, 0.29) is 0 Å². The second-order valence-electron chi connectivity index (χ2n) is 7.42. The molecule has 0 radical (unpaired) electrons. The minimum Gasteiger partial charge on any atom is -0.184 e. The van der Waals surface area contributed by atoms with Crippen molar-refractivity contribution in [1.82, 2.24) is 0 Å². The van der Waals surface area contributed by atoms with Crippen molar-refractivity contribution in [2.45, 2.75) is 0 Å². The summed E-state index contributed by atoms with van der Waals surface area (Å²) in [5, 5.41) is 23.8. The SMILES string of the molecule is N#CN=P(CP(=NC#N)(c1ccccc1)c1ccccc1)(c1ccccc1)c1ccccc1. The zero-order valence-corrected chi connectivity index (χ0v) is 19.7. The van der Waals surface area contributed by atoms with Crippen molar-refractivity contribution >= 4 is 35.3 Å². The molecule has 0 heterocycles. The molecule has 0 spiro atoms. The Kier molecular flexibility index (Phi) is 7.02. The van der Waals surface area contributed by atoms with Gasteiger partial charge >= 0.3 is 0 Å². The Morgan fingerprint density at radius 2 is 0.697 bits per heavy atom. The van der Waals surface area contributed by atoms with E-state index < -0.39 is 14.1 Å². The molecular weight excluding hydrogens is 442 g/mol. The van der Waals surface area contributed by atoms with Gasteiger partial charge in [0.15, 0.2) is 0 Å². The highest BCUT2D eigenvalue weighted by Gasteiger charge is 2.36. The van der Waals surface area contributed by atoms with Crippen molar-refractivity contribution < 1.29 is 0 Å². The summed E-state index contributed by atoms with van der Waals surface area (Å²) >= 11 is 0. The molecule has 0 N–H and O–H groups in total. The normalized spacial score (nSPS) is 11.1. The fourth-order valence-electron chi connectivity index (χ4n) is 4.07. The first-order chi connectivity index (χ1) is 16.2. The smallest absolute Gasteiger partial charge is 0.184 e. The van der Waals surface area contributed by atoms with Crippen LogP contribution in [0.5, 0.6) is 0 Å². The zero-order chi connectivity index (χ0) is 23.0. The fraction of sp³-hybridized carbons (Fsp3) is 0.0370. The van der Waals surface area contributed by atoms with E-state index in [0.717, 1.165) is 21.2 Å². The van der Waals surface area contributed by atoms with Crippen LogP contribution in [0.15, 0.2) is 131 Å². The van der Waals surface area contributed by atoms with E-state index in [0.29, 0.717) is 5.90 Å². The van der Waals surface area contributed by atoms with Gasteiger partial charge in [0.1, 0.15) is 0 Å². The van der Waals surface area contributed by atoms with Crippen LogP contribution in [0, 0.1) is 22.9 Å². The van der Waals surface area contributed by atoms with Crippen molar-refractivity contribution in [3.05, 3.63) is 121 Å². The third-order valence-corrected chi connectivity index (χ3v) is 14.3. The molecule has 0 aromatic heterocycles. The molecule has 0 bridgehead atoms. The number of hydrogen-bond donors (Lipinski definition) is 0. The largest absolute Gasteiger partial charge is 0.204 e. The Hall–Kier alpha value is -3.68. The van der Waals surface area contributed by atoms with Gasteiger partial charge in [0.05, 0.1) is 14.1 Å². The molecular formula is C27H22N4P2. The maximum atomic E-state index is 9.92. The van der Waals surface area contributed by atoms with Gasteiger partial charge in [-0.1, -0.05) is 121 Å². The minimum absolute atomic E-state index is 0.489. The lowest BCUT2D eigenvalue weighted by Gasteiger charge is -2.32. The quantitative estimate of drug-likeness (QED) is 0.275. The molecule has 0 aliphatic rings. The molecule has 0 aliphatic carbocycles. The van der Waals surface area contributed by atoms with Gasteiger partial charge < -0.3 is 0 Å². The van der Waals surface area contributed by atoms with Crippen LogP contribution in [-0.4, -0.2) is 5.90 Å². The van der Waals surface area contributed by atoms with Gasteiger partial charge in [0.2, 0.25) is 12.4 Å². The van der Waals surface area contributed by atoms with Gasteiger partial charge in [-0.2, -0.15) is 20.0 Å². The molecule has 0 saturated carbocycles. The van der Waals surface area contributed by atoms with Gasteiger partial charge in [0, 0.05) is 5.90 Å². The molecule has 0 atom stereocenters. The molecule has 33 heavy (non-hydrogen) atoms. The highest BCUT2D eigenvalue weighted by molar-refractivity contribution is 7.96. The van der Waals surface area contributed by atoms with Gasteiger partial charge in [0.25, 0.3) is 0 Å². The number of rotatable bonds is 6. The monoisotopic (exact) mass is 464 g/mol. The Morgan fingerprint density at radius 1 is 0.455 bits per heavy atom. The fourth-order valence-corrected chi connectivity index (χ4v) is 13.6. The number of benzene rings is 4. The first-order valence-electron chi connectivity index (χ1n) is 10.5. The maximum absolute atomic E-state index is 9.92. The lowest BCUT2D eigenvalue weighted by molar-refractivity contribution is 1.45. The molecule has 4 nitrogen and oxygen atoms in total. The van der Waals surface area contributed by atoms with Gasteiger partial charge in [-0.25, -0.2) is 0 Å². The molecule has 0 aliphatic heterocycles. The Bertz CT molecular complexity index is 1210. The Balaban J connectivity index is 2.12. The Labute approximate surface area is 194 Å². The number of hydrogen-bond acceptors (Lipinski definition) is 4. The lowest BCUT2D eigenvalue weighted by Crippen LogP contribution is -2.25. The van der Waals surface area contributed by atoms with Gasteiger partial charge in [-0.15, -0.1) is 0 Å². The highest BCUT2D eigenvalue weighted by atomic mass is 31.2. The number of nitrogens with zero attached hydrogens (tertiary/aromatic N) is 4. The predicted molar refractivity (Wildman–Crippen MR) is 139 cm³/mol. The molecule has 4 aromatic rings. The molecule has 0 fully saturated rings. The summed E-state index contributed by atoms with van der Waals surface area (Å²) in [4.78, 5) is 0. The van der Waals surface area contributed by atoms with Crippen LogP contribution >= 0.6 is 14.1 Å². The van der Waals surface area contributed by atoms with Crippen molar-refractivity contribution in [2.24, 2.45) is 9.49 Å². The third kappa shape index (κ3) is 4.46. The third-order valence-electron chi connectivity index (χ3n) is 5.57. The van der Waals surface area contributed by atoms with Crippen molar-refractivity contribution in [3.63, 3.8) is 0 Å². The summed E-state index contributed by atoms with van der Waals surface area (Å²) in [6.45, 7) is 0. The summed E-state index contributed by atoms with van der Waals surface area (Å²) in [5.74, 6) is 0.489. The van der Waals surface area contributed by atoms with Crippen LogP contribution in [0.3, 0.4) is 0 Å². The van der Waals surface area contributed by atoms with Crippen molar-refractivity contribution in [3.8, 4) is 12.4 Å². The summed E-state index contributed by atoms with van der Waals surface area (Å²) in [5.41, 5.74) is 0. The van der Waals surface area contributed by atoms with E-state index in [9.17, 15) is 10.5 Å². The van der Waals surface area contributed by atoms with Crippen LogP contribution in [0.1, 0.15) is 0 Å². The molecule has 0 unspecified atom stereocenters. The second-order valence-corrected chi connectivity index (χ2v) is 14.1. The first kappa shape index (κ1) is 22.5. The van der Waals surface area contributed by atoms with E-state index in [2.05, 4.69) is 21.9 Å². The van der Waals surface area contributed by atoms with E-state index >= 15 is 0 Å².